The van der Waals surface area contributed by atoms with E-state index < -0.39 is 15.9 Å². The summed E-state index contributed by atoms with van der Waals surface area (Å²) in [4.78, 5) is 12.6. The van der Waals surface area contributed by atoms with Crippen molar-refractivity contribution in [1.29, 1.82) is 0 Å². The van der Waals surface area contributed by atoms with E-state index in [4.69, 9.17) is 0 Å². The lowest BCUT2D eigenvalue weighted by molar-refractivity contribution is -0.116. The molecule has 3 aromatic rings. The highest BCUT2D eigenvalue weighted by Gasteiger charge is 2.23. The van der Waals surface area contributed by atoms with E-state index in [-0.39, 0.29) is 11.4 Å². The normalized spacial score (nSPS) is 11.6. The maximum absolute atomic E-state index is 12.8. The van der Waals surface area contributed by atoms with Gasteiger partial charge in [-0.3, -0.25) is 4.79 Å². The second kappa shape index (κ2) is 8.59. The number of rotatable bonds is 7. The number of aryl methyl sites for hydroxylation is 2. The zero-order chi connectivity index (χ0) is 21.0. The van der Waals surface area contributed by atoms with E-state index >= 15 is 0 Å². The van der Waals surface area contributed by atoms with E-state index in [0.717, 1.165) is 21.0 Å². The lowest BCUT2D eigenvalue weighted by Crippen LogP contribution is -2.35. The summed E-state index contributed by atoms with van der Waals surface area (Å²) in [5, 5.41) is 6.97. The number of sulfonamides is 1. The quantitative estimate of drug-likeness (QED) is 0.647. The summed E-state index contributed by atoms with van der Waals surface area (Å²) in [6, 6.07) is 16.4. The Labute approximate surface area is 171 Å². The molecular weight excluding hydrogens is 388 g/mol. The highest BCUT2D eigenvalue weighted by atomic mass is 32.2. The van der Waals surface area contributed by atoms with E-state index in [0.29, 0.717) is 12.4 Å². The Hall–Kier alpha value is -2.97. The molecule has 0 bridgehead atoms. The van der Waals surface area contributed by atoms with Crippen molar-refractivity contribution in [3.63, 3.8) is 0 Å². The van der Waals surface area contributed by atoms with Gasteiger partial charge >= 0.3 is 0 Å². The predicted molar refractivity (Wildman–Crippen MR) is 112 cm³/mol. The second-order valence-electron chi connectivity index (χ2n) is 6.92. The van der Waals surface area contributed by atoms with Crippen molar-refractivity contribution in [1.82, 2.24) is 14.1 Å². The summed E-state index contributed by atoms with van der Waals surface area (Å²) in [6.07, 6.45) is 1.59. The number of aromatic nitrogens is 2. The Balaban J connectivity index is 1.68. The van der Waals surface area contributed by atoms with Gasteiger partial charge in [-0.1, -0.05) is 36.4 Å². The fraction of sp³-hybridized carbons (Fsp3) is 0.238. The van der Waals surface area contributed by atoms with E-state index in [1.54, 1.807) is 35.1 Å². The second-order valence-corrected chi connectivity index (χ2v) is 8.96. The van der Waals surface area contributed by atoms with Crippen LogP contribution in [0.2, 0.25) is 0 Å². The number of nitrogens with zero attached hydrogens (tertiary/aromatic N) is 3. The third-order valence-corrected chi connectivity index (χ3v) is 6.51. The van der Waals surface area contributed by atoms with Crippen molar-refractivity contribution < 1.29 is 13.2 Å². The van der Waals surface area contributed by atoms with Gasteiger partial charge in [0.25, 0.3) is 0 Å². The van der Waals surface area contributed by atoms with Crippen molar-refractivity contribution in [2.24, 2.45) is 0 Å². The molecule has 29 heavy (non-hydrogen) atoms. The molecule has 1 heterocycles. The summed E-state index contributed by atoms with van der Waals surface area (Å²) in [7, 11) is -2.37. The van der Waals surface area contributed by atoms with Crippen molar-refractivity contribution in [3.8, 4) is 0 Å². The van der Waals surface area contributed by atoms with Gasteiger partial charge in [-0.2, -0.15) is 9.40 Å². The van der Waals surface area contributed by atoms with Crippen LogP contribution in [-0.2, 0) is 21.4 Å². The number of amides is 1. The molecular formula is C21H24N4O3S. The maximum atomic E-state index is 12.8. The molecule has 0 saturated heterocycles. The zero-order valence-electron chi connectivity index (χ0n) is 16.7. The SMILES string of the molecule is Cc1ccc(S(=O)(=O)N(C)CC(=O)Nc2ccnn2Cc2ccccc2)cc1C. The minimum absolute atomic E-state index is 0.171. The zero-order valence-corrected chi connectivity index (χ0v) is 17.5. The molecule has 1 amide bonds. The van der Waals surface area contributed by atoms with Crippen molar-refractivity contribution in [2.45, 2.75) is 25.3 Å². The third kappa shape index (κ3) is 4.90. The summed E-state index contributed by atoms with van der Waals surface area (Å²) in [5.74, 6) is 0.0746. The van der Waals surface area contributed by atoms with Gasteiger partial charge in [0.2, 0.25) is 15.9 Å². The lowest BCUT2D eigenvalue weighted by Gasteiger charge is -2.18. The average molecular weight is 413 g/mol. The molecule has 7 nitrogen and oxygen atoms in total. The summed E-state index contributed by atoms with van der Waals surface area (Å²) in [5.41, 5.74) is 2.94. The van der Waals surface area contributed by atoms with Crippen LogP contribution in [0.25, 0.3) is 0 Å². The fourth-order valence-electron chi connectivity index (χ4n) is 2.85. The highest BCUT2D eigenvalue weighted by molar-refractivity contribution is 7.89. The standard InChI is InChI=1S/C21H24N4O3S/c1-16-9-10-19(13-17(16)2)29(27,28)24(3)15-21(26)23-20-11-12-22-25(20)14-18-7-5-4-6-8-18/h4-13H,14-15H2,1-3H3,(H,23,26). The van der Waals surface area contributed by atoms with Gasteiger partial charge in [0.05, 0.1) is 24.2 Å². The first-order valence-corrected chi connectivity index (χ1v) is 10.6. The van der Waals surface area contributed by atoms with Crippen LogP contribution < -0.4 is 5.32 Å². The molecule has 152 valence electrons. The summed E-state index contributed by atoms with van der Waals surface area (Å²) >= 11 is 0. The topological polar surface area (TPSA) is 84.3 Å². The molecule has 0 atom stereocenters. The molecule has 1 aromatic heterocycles. The molecule has 0 spiro atoms. The lowest BCUT2D eigenvalue weighted by atomic mass is 10.1. The number of hydrogen-bond acceptors (Lipinski definition) is 4. The molecule has 1 N–H and O–H groups in total. The largest absolute Gasteiger partial charge is 0.310 e. The van der Waals surface area contributed by atoms with Gasteiger partial charge in [-0.25, -0.2) is 13.1 Å². The summed E-state index contributed by atoms with van der Waals surface area (Å²) < 4.78 is 28.2. The van der Waals surface area contributed by atoms with E-state index in [9.17, 15) is 13.2 Å². The number of likely N-dealkylation sites (N-methyl/N-ethyl adjacent to an activating group) is 1. The van der Waals surface area contributed by atoms with E-state index in [2.05, 4.69) is 10.4 Å². The maximum Gasteiger partial charge on any atom is 0.243 e. The van der Waals surface area contributed by atoms with Crippen LogP contribution in [0.3, 0.4) is 0 Å². The Morgan fingerprint density at radius 3 is 2.48 bits per heavy atom. The number of benzene rings is 2. The molecule has 8 heteroatoms. The third-order valence-electron chi connectivity index (χ3n) is 4.71. The number of carbonyl (C=O) groups is 1. The van der Waals surface area contributed by atoms with Gasteiger partial charge in [0.15, 0.2) is 0 Å². The van der Waals surface area contributed by atoms with Gasteiger partial charge < -0.3 is 5.32 Å². The van der Waals surface area contributed by atoms with Crippen LogP contribution in [0.1, 0.15) is 16.7 Å². The van der Waals surface area contributed by atoms with Crippen LogP contribution in [0.15, 0.2) is 65.7 Å². The first kappa shape index (κ1) is 20.8. The minimum Gasteiger partial charge on any atom is -0.310 e. The molecule has 0 aliphatic rings. The molecule has 3 rings (SSSR count). The van der Waals surface area contributed by atoms with Gasteiger partial charge in [0, 0.05) is 13.1 Å². The minimum atomic E-state index is -3.76. The van der Waals surface area contributed by atoms with Crippen LogP contribution in [0.5, 0.6) is 0 Å². The Morgan fingerprint density at radius 1 is 1.07 bits per heavy atom. The Kier molecular flexibility index (Phi) is 6.14. The molecule has 0 aliphatic carbocycles. The first-order valence-electron chi connectivity index (χ1n) is 9.16. The molecule has 0 radical (unpaired) electrons. The number of hydrogen-bond donors (Lipinski definition) is 1. The molecule has 0 unspecified atom stereocenters. The monoisotopic (exact) mass is 412 g/mol. The van der Waals surface area contributed by atoms with Gasteiger partial charge in [-0.05, 0) is 42.7 Å². The van der Waals surface area contributed by atoms with Crippen molar-refractivity contribution >= 4 is 21.7 Å². The van der Waals surface area contributed by atoms with Crippen LogP contribution in [0, 0.1) is 13.8 Å². The fourth-order valence-corrected chi connectivity index (χ4v) is 4.06. The number of nitrogens with one attached hydrogen (secondary N) is 1. The van der Waals surface area contributed by atoms with E-state index in [1.165, 1.54) is 7.05 Å². The average Bonchev–Trinajstić information content (AvgIpc) is 3.11. The van der Waals surface area contributed by atoms with Crippen LogP contribution >= 0.6 is 0 Å². The van der Waals surface area contributed by atoms with Crippen LogP contribution in [0.4, 0.5) is 5.82 Å². The Bertz CT molecular complexity index is 1110. The molecule has 0 aliphatic heterocycles. The molecule has 0 fully saturated rings. The molecule has 2 aromatic carbocycles. The molecule has 0 saturated carbocycles. The van der Waals surface area contributed by atoms with E-state index in [1.807, 2.05) is 44.2 Å². The predicted octanol–water partition coefficient (Wildman–Crippen LogP) is 2.81. The number of carbonyl (C=O) groups excluding carboxylic acids is 1. The summed E-state index contributed by atoms with van der Waals surface area (Å²) in [6.45, 7) is 3.97. The number of anilines is 1. The van der Waals surface area contributed by atoms with Crippen LogP contribution in [-0.4, -0.2) is 42.0 Å². The smallest absolute Gasteiger partial charge is 0.243 e. The van der Waals surface area contributed by atoms with Crippen molar-refractivity contribution in [3.05, 3.63) is 77.5 Å². The first-order chi connectivity index (χ1) is 13.8. The highest BCUT2D eigenvalue weighted by Crippen LogP contribution is 2.18. The van der Waals surface area contributed by atoms with Crippen molar-refractivity contribution in [2.75, 3.05) is 18.9 Å². The Morgan fingerprint density at radius 2 is 1.79 bits per heavy atom. The van der Waals surface area contributed by atoms with Gasteiger partial charge in [0.1, 0.15) is 5.82 Å². The van der Waals surface area contributed by atoms with Gasteiger partial charge in [-0.15, -0.1) is 0 Å².